The molecule has 0 saturated carbocycles. The molecule has 0 radical (unpaired) electrons. The summed E-state index contributed by atoms with van der Waals surface area (Å²) in [5.74, 6) is -0.567. The van der Waals surface area contributed by atoms with Crippen molar-refractivity contribution >= 4 is 11.5 Å². The number of nitrogens with zero attached hydrogens (tertiary/aromatic N) is 3. The maximum Gasteiger partial charge on any atom is 0.352 e. The first-order valence-corrected chi connectivity index (χ1v) is 5.52. The Labute approximate surface area is 111 Å². The first-order chi connectivity index (χ1) is 9.36. The van der Waals surface area contributed by atoms with E-state index in [4.69, 9.17) is 15.6 Å². The monoisotopic (exact) mass is 288 g/mol. The second-order valence-corrected chi connectivity index (χ2v) is 4.19. The Bertz CT molecular complexity index is 588. The van der Waals surface area contributed by atoms with Crippen molar-refractivity contribution in [1.82, 2.24) is 9.55 Å². The van der Waals surface area contributed by atoms with Crippen molar-refractivity contribution in [2.24, 2.45) is 0 Å². The van der Waals surface area contributed by atoms with Gasteiger partial charge in [-0.1, -0.05) is 0 Å². The SMILES string of the molecule is Nc1nc(=O)n([C@@H]2O[C@H](CO)[C@H](O)[C@@H]2O)cc1[N+](=O)[O-]. The molecule has 0 bridgehead atoms. The van der Waals surface area contributed by atoms with Crippen LogP contribution in [0.1, 0.15) is 6.23 Å². The number of aromatic nitrogens is 2. The molecule has 0 amide bonds. The molecular weight excluding hydrogens is 276 g/mol. The Kier molecular flexibility index (Phi) is 3.67. The third-order valence-electron chi connectivity index (χ3n) is 2.95. The number of nitrogens with two attached hydrogens (primary N) is 1. The third-order valence-corrected chi connectivity index (χ3v) is 2.95. The predicted molar refractivity (Wildman–Crippen MR) is 62.6 cm³/mol. The Hall–Kier alpha value is -2.08. The normalized spacial score (nSPS) is 29.6. The summed E-state index contributed by atoms with van der Waals surface area (Å²) >= 11 is 0. The Balaban J connectivity index is 2.46. The van der Waals surface area contributed by atoms with Crippen molar-refractivity contribution in [3.8, 4) is 0 Å². The van der Waals surface area contributed by atoms with Crippen LogP contribution in [-0.4, -0.2) is 54.7 Å². The largest absolute Gasteiger partial charge is 0.394 e. The van der Waals surface area contributed by atoms with Crippen molar-refractivity contribution < 1.29 is 25.0 Å². The second kappa shape index (κ2) is 5.13. The molecule has 110 valence electrons. The number of rotatable bonds is 3. The van der Waals surface area contributed by atoms with Gasteiger partial charge in [-0.2, -0.15) is 4.98 Å². The minimum absolute atomic E-state index is 0.567. The van der Waals surface area contributed by atoms with Gasteiger partial charge in [-0.3, -0.25) is 14.7 Å². The Morgan fingerprint density at radius 1 is 1.50 bits per heavy atom. The fourth-order valence-corrected chi connectivity index (χ4v) is 1.90. The molecule has 2 rings (SSSR count). The molecule has 1 aromatic heterocycles. The molecule has 1 fully saturated rings. The first kappa shape index (κ1) is 14.3. The molecule has 0 aromatic carbocycles. The third kappa shape index (κ3) is 2.22. The molecule has 1 aliphatic heterocycles. The zero-order valence-corrected chi connectivity index (χ0v) is 9.99. The molecule has 0 spiro atoms. The number of ether oxygens (including phenoxy) is 1. The van der Waals surface area contributed by atoms with Crippen LogP contribution in [0, 0.1) is 10.1 Å². The van der Waals surface area contributed by atoms with Gasteiger partial charge in [0.2, 0.25) is 5.82 Å². The maximum absolute atomic E-state index is 11.7. The van der Waals surface area contributed by atoms with Gasteiger partial charge in [0.15, 0.2) is 6.23 Å². The molecule has 1 aromatic rings. The van der Waals surface area contributed by atoms with Crippen LogP contribution in [0.2, 0.25) is 0 Å². The molecule has 1 aliphatic rings. The van der Waals surface area contributed by atoms with E-state index in [9.17, 15) is 25.1 Å². The van der Waals surface area contributed by atoms with Gasteiger partial charge >= 0.3 is 11.4 Å². The topological polar surface area (TPSA) is 174 Å². The fraction of sp³-hybridized carbons (Fsp3) is 0.556. The van der Waals surface area contributed by atoms with Crippen LogP contribution in [0.3, 0.4) is 0 Å². The van der Waals surface area contributed by atoms with Crippen LogP contribution >= 0.6 is 0 Å². The summed E-state index contributed by atoms with van der Waals surface area (Å²) in [6.07, 6.45) is -4.73. The number of anilines is 1. The van der Waals surface area contributed by atoms with Crippen molar-refractivity contribution in [3.63, 3.8) is 0 Å². The van der Waals surface area contributed by atoms with E-state index in [1.807, 2.05) is 0 Å². The van der Waals surface area contributed by atoms with Gasteiger partial charge in [0.1, 0.15) is 18.3 Å². The maximum atomic E-state index is 11.7. The van der Waals surface area contributed by atoms with Crippen molar-refractivity contribution in [2.75, 3.05) is 12.3 Å². The average molecular weight is 288 g/mol. The lowest BCUT2D eigenvalue weighted by Gasteiger charge is -2.16. The van der Waals surface area contributed by atoms with Crippen LogP contribution in [0.25, 0.3) is 0 Å². The minimum Gasteiger partial charge on any atom is -0.394 e. The van der Waals surface area contributed by atoms with Crippen molar-refractivity contribution in [2.45, 2.75) is 24.5 Å². The second-order valence-electron chi connectivity index (χ2n) is 4.19. The van der Waals surface area contributed by atoms with Gasteiger partial charge in [0, 0.05) is 0 Å². The lowest BCUT2D eigenvalue weighted by molar-refractivity contribution is -0.384. The summed E-state index contributed by atoms with van der Waals surface area (Å²) in [4.78, 5) is 24.8. The lowest BCUT2D eigenvalue weighted by atomic mass is 10.1. The average Bonchev–Trinajstić information content (AvgIpc) is 2.66. The summed E-state index contributed by atoms with van der Waals surface area (Å²) in [5.41, 5.74) is 3.63. The van der Waals surface area contributed by atoms with Crippen molar-refractivity contribution in [3.05, 3.63) is 26.8 Å². The van der Waals surface area contributed by atoms with Crippen LogP contribution in [-0.2, 0) is 4.74 Å². The molecule has 0 unspecified atom stereocenters. The zero-order chi connectivity index (χ0) is 15.0. The standard InChI is InChI=1S/C9H12N4O7/c10-7-3(13(18)19)1-12(9(17)11-7)8-6(16)5(15)4(2-14)20-8/h1,4-6,8,14-16H,2H2,(H2,10,11,17)/t4-,5+,6+,8-/m1/s1. The van der Waals surface area contributed by atoms with Crippen LogP contribution in [0.15, 0.2) is 11.0 Å². The lowest BCUT2D eigenvalue weighted by Crippen LogP contribution is -2.36. The molecular formula is C9H12N4O7. The number of hydrogen-bond donors (Lipinski definition) is 4. The summed E-state index contributed by atoms with van der Waals surface area (Å²) in [5, 5.41) is 39.0. The van der Waals surface area contributed by atoms with Crippen molar-refractivity contribution in [1.29, 1.82) is 0 Å². The number of aliphatic hydroxyl groups is 3. The molecule has 5 N–H and O–H groups in total. The summed E-state index contributed by atoms with van der Waals surface area (Å²) in [6, 6.07) is 0. The molecule has 11 nitrogen and oxygen atoms in total. The number of nitrogen functional groups attached to an aromatic ring is 1. The van der Waals surface area contributed by atoms with E-state index in [0.717, 1.165) is 6.20 Å². The quantitative estimate of drug-likeness (QED) is 0.342. The van der Waals surface area contributed by atoms with E-state index < -0.39 is 53.3 Å². The van der Waals surface area contributed by atoms with Gasteiger partial charge in [-0.25, -0.2) is 4.79 Å². The van der Waals surface area contributed by atoms with E-state index in [2.05, 4.69) is 4.98 Å². The summed E-state index contributed by atoms with van der Waals surface area (Å²) in [7, 11) is 0. The minimum atomic E-state index is -1.55. The molecule has 2 heterocycles. The van der Waals surface area contributed by atoms with Gasteiger partial charge in [-0.15, -0.1) is 0 Å². The highest BCUT2D eigenvalue weighted by atomic mass is 16.6. The van der Waals surface area contributed by atoms with Crippen LogP contribution in [0.5, 0.6) is 0 Å². The summed E-state index contributed by atoms with van der Waals surface area (Å²) in [6.45, 7) is -0.589. The highest BCUT2D eigenvalue weighted by Gasteiger charge is 2.44. The van der Waals surface area contributed by atoms with Gasteiger partial charge in [0.25, 0.3) is 0 Å². The highest BCUT2D eigenvalue weighted by Crippen LogP contribution is 2.29. The van der Waals surface area contributed by atoms with Crippen LogP contribution in [0.4, 0.5) is 11.5 Å². The zero-order valence-electron chi connectivity index (χ0n) is 9.99. The Morgan fingerprint density at radius 3 is 2.65 bits per heavy atom. The molecule has 11 heteroatoms. The summed E-state index contributed by atoms with van der Waals surface area (Å²) < 4.78 is 5.74. The van der Waals surface area contributed by atoms with E-state index in [-0.39, 0.29) is 0 Å². The van der Waals surface area contributed by atoms with Crippen LogP contribution < -0.4 is 11.4 Å². The molecule has 4 atom stereocenters. The van der Waals surface area contributed by atoms with E-state index >= 15 is 0 Å². The van der Waals surface area contributed by atoms with E-state index in [0.29, 0.717) is 4.57 Å². The predicted octanol–water partition coefficient (Wildman–Crippen LogP) is -2.65. The molecule has 0 aliphatic carbocycles. The Morgan fingerprint density at radius 2 is 2.15 bits per heavy atom. The molecule has 1 saturated heterocycles. The highest BCUT2D eigenvalue weighted by molar-refractivity contribution is 5.49. The number of aliphatic hydroxyl groups excluding tert-OH is 3. The van der Waals surface area contributed by atoms with E-state index in [1.54, 1.807) is 0 Å². The number of hydrogen-bond acceptors (Lipinski definition) is 9. The first-order valence-electron chi connectivity index (χ1n) is 5.52. The van der Waals surface area contributed by atoms with Gasteiger partial charge < -0.3 is 25.8 Å². The molecule has 20 heavy (non-hydrogen) atoms. The fourth-order valence-electron chi connectivity index (χ4n) is 1.90. The van der Waals surface area contributed by atoms with E-state index in [1.165, 1.54) is 0 Å². The number of nitro groups is 1. The van der Waals surface area contributed by atoms with Gasteiger partial charge in [0.05, 0.1) is 17.7 Å². The smallest absolute Gasteiger partial charge is 0.352 e. The van der Waals surface area contributed by atoms with Gasteiger partial charge in [-0.05, 0) is 0 Å².